The maximum absolute atomic E-state index is 5.04. The first-order chi connectivity index (χ1) is 11.9. The van der Waals surface area contributed by atoms with Crippen LogP contribution in [0.25, 0.3) is 10.9 Å². The summed E-state index contributed by atoms with van der Waals surface area (Å²) < 4.78 is 0. The molecule has 0 amide bonds. The topological polar surface area (TPSA) is 44.3 Å². The van der Waals surface area contributed by atoms with Gasteiger partial charge in [0.25, 0.3) is 0 Å². The van der Waals surface area contributed by atoms with Gasteiger partial charge in [0.1, 0.15) is 5.82 Å². The van der Waals surface area contributed by atoms with Crippen molar-refractivity contribution in [1.82, 2.24) is 15.3 Å². The van der Waals surface area contributed by atoms with Gasteiger partial charge in [-0.1, -0.05) is 12.1 Å². The molecule has 3 heterocycles. The van der Waals surface area contributed by atoms with Crippen molar-refractivity contribution in [2.24, 2.45) is 0 Å². The second-order valence-electron chi connectivity index (χ2n) is 6.81. The van der Waals surface area contributed by atoms with E-state index in [1.807, 2.05) is 0 Å². The fourth-order valence-corrected chi connectivity index (χ4v) is 3.96. The Kier molecular flexibility index (Phi) is 4.52. The van der Waals surface area contributed by atoms with Crippen molar-refractivity contribution in [2.45, 2.75) is 45.2 Å². The van der Waals surface area contributed by atoms with Crippen LogP contribution in [-0.2, 0) is 0 Å². The van der Waals surface area contributed by atoms with E-state index in [-0.39, 0.29) is 0 Å². The van der Waals surface area contributed by atoms with Crippen molar-refractivity contribution in [3.05, 3.63) is 24.3 Å². The molecule has 0 aliphatic carbocycles. The zero-order valence-corrected chi connectivity index (χ0v) is 14.5. The van der Waals surface area contributed by atoms with Gasteiger partial charge in [0.2, 0.25) is 5.95 Å². The van der Waals surface area contributed by atoms with Gasteiger partial charge in [0.05, 0.1) is 11.7 Å². The van der Waals surface area contributed by atoms with Crippen molar-refractivity contribution in [2.75, 3.05) is 36.0 Å². The van der Waals surface area contributed by atoms with Gasteiger partial charge < -0.3 is 9.80 Å². The third-order valence-corrected chi connectivity index (χ3v) is 5.24. The van der Waals surface area contributed by atoms with Crippen LogP contribution in [0, 0.1) is 0 Å². The monoisotopic (exact) mass is 325 g/mol. The van der Waals surface area contributed by atoms with Gasteiger partial charge in [-0.25, -0.2) is 4.98 Å². The highest BCUT2D eigenvalue weighted by Gasteiger charge is 2.25. The average molecular weight is 325 g/mol. The molecule has 1 unspecified atom stereocenters. The molecule has 0 spiro atoms. The molecule has 2 saturated heterocycles. The van der Waals surface area contributed by atoms with Crippen LogP contribution >= 0.6 is 0 Å². The van der Waals surface area contributed by atoms with E-state index in [1.165, 1.54) is 37.5 Å². The van der Waals surface area contributed by atoms with Crippen LogP contribution in [-0.4, -0.2) is 42.3 Å². The zero-order chi connectivity index (χ0) is 16.4. The van der Waals surface area contributed by atoms with E-state index in [2.05, 4.69) is 46.3 Å². The van der Waals surface area contributed by atoms with Crippen LogP contribution in [0.3, 0.4) is 0 Å². The lowest BCUT2D eigenvalue weighted by atomic mass is 10.1. The summed E-state index contributed by atoms with van der Waals surface area (Å²) in [5, 5.41) is 4.76. The molecule has 0 saturated carbocycles. The molecule has 128 valence electrons. The Morgan fingerprint density at radius 2 is 1.96 bits per heavy atom. The Hall–Kier alpha value is -1.88. The molecule has 5 nitrogen and oxygen atoms in total. The predicted molar refractivity (Wildman–Crippen MR) is 99.6 cm³/mol. The Labute approximate surface area is 144 Å². The van der Waals surface area contributed by atoms with E-state index < -0.39 is 0 Å². The SMILES string of the molecule is CCN(c1nc(N2CCCCC2)c2ccccc2n1)C1CCCN1. The summed E-state index contributed by atoms with van der Waals surface area (Å²) >= 11 is 0. The van der Waals surface area contributed by atoms with Gasteiger partial charge in [-0.3, -0.25) is 5.32 Å². The van der Waals surface area contributed by atoms with Crippen molar-refractivity contribution in [3.8, 4) is 0 Å². The lowest BCUT2D eigenvalue weighted by Crippen LogP contribution is -2.43. The summed E-state index contributed by atoms with van der Waals surface area (Å²) in [5.74, 6) is 1.99. The summed E-state index contributed by atoms with van der Waals surface area (Å²) in [4.78, 5) is 14.7. The third-order valence-electron chi connectivity index (χ3n) is 5.24. The number of para-hydroxylation sites is 1. The van der Waals surface area contributed by atoms with Crippen LogP contribution in [0.1, 0.15) is 39.0 Å². The first-order valence-electron chi connectivity index (χ1n) is 9.38. The lowest BCUT2D eigenvalue weighted by Gasteiger charge is -2.32. The van der Waals surface area contributed by atoms with Gasteiger partial charge in [-0.05, 0) is 57.7 Å². The van der Waals surface area contributed by atoms with Crippen molar-refractivity contribution >= 4 is 22.7 Å². The van der Waals surface area contributed by atoms with Gasteiger partial charge in [0.15, 0.2) is 0 Å². The fraction of sp³-hybridized carbons (Fsp3) is 0.579. The third kappa shape index (κ3) is 2.93. The molecule has 1 N–H and O–H groups in total. The van der Waals surface area contributed by atoms with Gasteiger partial charge in [0, 0.05) is 25.0 Å². The molecule has 24 heavy (non-hydrogen) atoms. The van der Waals surface area contributed by atoms with E-state index in [0.29, 0.717) is 6.17 Å². The molecule has 2 aliphatic rings. The van der Waals surface area contributed by atoms with Crippen molar-refractivity contribution in [1.29, 1.82) is 0 Å². The number of nitrogens with one attached hydrogen (secondary N) is 1. The quantitative estimate of drug-likeness (QED) is 0.935. The number of hydrogen-bond acceptors (Lipinski definition) is 5. The van der Waals surface area contributed by atoms with Gasteiger partial charge in [-0.2, -0.15) is 4.98 Å². The smallest absolute Gasteiger partial charge is 0.229 e. The molecule has 1 aromatic carbocycles. The van der Waals surface area contributed by atoms with Crippen molar-refractivity contribution < 1.29 is 0 Å². The number of benzene rings is 1. The highest BCUT2D eigenvalue weighted by atomic mass is 15.4. The largest absolute Gasteiger partial charge is 0.356 e. The molecule has 0 bridgehead atoms. The highest BCUT2D eigenvalue weighted by Crippen LogP contribution is 2.29. The van der Waals surface area contributed by atoms with Crippen LogP contribution < -0.4 is 15.1 Å². The summed E-state index contributed by atoms with van der Waals surface area (Å²) in [6.45, 7) is 6.42. The number of fused-ring (bicyclic) bond motifs is 1. The molecular formula is C19H27N5. The Morgan fingerprint density at radius 3 is 2.71 bits per heavy atom. The molecule has 0 radical (unpaired) electrons. The molecule has 4 rings (SSSR count). The maximum Gasteiger partial charge on any atom is 0.229 e. The Morgan fingerprint density at radius 1 is 1.12 bits per heavy atom. The summed E-state index contributed by atoms with van der Waals surface area (Å²) in [6.07, 6.45) is 6.62. The molecular weight excluding hydrogens is 298 g/mol. The number of anilines is 2. The van der Waals surface area contributed by atoms with Crippen molar-refractivity contribution in [3.63, 3.8) is 0 Å². The van der Waals surface area contributed by atoms with Crippen LogP contribution in [0.4, 0.5) is 11.8 Å². The second kappa shape index (κ2) is 6.93. The van der Waals surface area contributed by atoms with Gasteiger partial charge >= 0.3 is 0 Å². The predicted octanol–water partition coefficient (Wildman–Crippen LogP) is 3.16. The lowest BCUT2D eigenvalue weighted by molar-refractivity contribution is 0.553. The standard InChI is InChI=1S/C19H27N5/c1-2-24(17-11-8-12-20-17)19-21-16-10-5-4-9-15(16)18(22-19)23-13-6-3-7-14-23/h4-5,9-10,17,20H,2-3,6-8,11-14H2,1H3. The molecule has 1 aromatic heterocycles. The average Bonchev–Trinajstić information content (AvgIpc) is 3.17. The number of hydrogen-bond donors (Lipinski definition) is 1. The maximum atomic E-state index is 5.04. The normalized spacial score (nSPS) is 21.4. The van der Waals surface area contributed by atoms with Crippen LogP contribution in [0.15, 0.2) is 24.3 Å². The molecule has 2 aromatic rings. The molecule has 1 atom stereocenters. The van der Waals surface area contributed by atoms with E-state index in [9.17, 15) is 0 Å². The molecule has 2 fully saturated rings. The number of piperidine rings is 1. The Balaban J connectivity index is 1.78. The summed E-state index contributed by atoms with van der Waals surface area (Å²) in [5.41, 5.74) is 1.06. The van der Waals surface area contributed by atoms with E-state index in [0.717, 1.165) is 43.5 Å². The second-order valence-corrected chi connectivity index (χ2v) is 6.81. The van der Waals surface area contributed by atoms with E-state index in [4.69, 9.17) is 9.97 Å². The highest BCUT2D eigenvalue weighted by molar-refractivity contribution is 5.90. The number of rotatable bonds is 4. The number of nitrogens with zero attached hydrogens (tertiary/aromatic N) is 4. The number of aromatic nitrogens is 2. The van der Waals surface area contributed by atoms with Gasteiger partial charge in [-0.15, -0.1) is 0 Å². The molecule has 5 heteroatoms. The molecule has 2 aliphatic heterocycles. The minimum Gasteiger partial charge on any atom is -0.356 e. The fourth-order valence-electron chi connectivity index (χ4n) is 3.96. The minimum atomic E-state index is 0.366. The first-order valence-corrected chi connectivity index (χ1v) is 9.38. The van der Waals surface area contributed by atoms with E-state index >= 15 is 0 Å². The minimum absolute atomic E-state index is 0.366. The van der Waals surface area contributed by atoms with Crippen LogP contribution in [0.2, 0.25) is 0 Å². The summed E-state index contributed by atoms with van der Waals surface area (Å²) in [7, 11) is 0. The zero-order valence-electron chi connectivity index (χ0n) is 14.5. The Bertz CT molecular complexity index is 689. The first kappa shape index (κ1) is 15.6. The van der Waals surface area contributed by atoms with Crippen LogP contribution in [0.5, 0.6) is 0 Å². The summed E-state index contributed by atoms with van der Waals surface area (Å²) in [6, 6.07) is 8.44. The van der Waals surface area contributed by atoms with E-state index in [1.54, 1.807) is 0 Å².